The summed E-state index contributed by atoms with van der Waals surface area (Å²) in [5, 5.41) is 11.4. The number of amides is 1. The molecule has 0 bridgehead atoms. The molecule has 0 saturated heterocycles. The minimum atomic E-state index is -0.00393. The molecule has 0 aliphatic carbocycles. The topological polar surface area (TPSA) is 54.9 Å². The minimum Gasteiger partial charge on any atom is -0.300 e. The fraction of sp³-hybridized carbons (Fsp3) is 0.357. The van der Waals surface area contributed by atoms with Gasteiger partial charge in [0.05, 0.1) is 0 Å². The highest BCUT2D eigenvalue weighted by Crippen LogP contribution is 2.28. The molecule has 0 aliphatic heterocycles. The summed E-state index contributed by atoms with van der Waals surface area (Å²) in [5.74, 6) is 1.20. The van der Waals surface area contributed by atoms with Crippen molar-refractivity contribution in [2.45, 2.75) is 30.4 Å². The van der Waals surface area contributed by atoms with E-state index in [1.165, 1.54) is 16.9 Å². The fourth-order valence-corrected chi connectivity index (χ4v) is 3.30. The molecular formula is C14H17N3OS2. The highest BCUT2D eigenvalue weighted by Gasteiger charge is 2.10. The van der Waals surface area contributed by atoms with Crippen LogP contribution in [0.15, 0.2) is 34.7 Å². The van der Waals surface area contributed by atoms with E-state index in [0.717, 1.165) is 10.1 Å². The van der Waals surface area contributed by atoms with E-state index in [2.05, 4.69) is 27.6 Å². The molecule has 0 atom stereocenters. The number of aromatic nitrogens is 2. The largest absolute Gasteiger partial charge is 0.300 e. The summed E-state index contributed by atoms with van der Waals surface area (Å²) in [5.41, 5.74) is 1.25. The molecule has 0 unspecified atom stereocenters. The predicted octanol–water partition coefficient (Wildman–Crippen LogP) is 3.82. The van der Waals surface area contributed by atoms with Gasteiger partial charge in [-0.3, -0.25) is 4.79 Å². The number of nitrogens with one attached hydrogen (secondary N) is 1. The van der Waals surface area contributed by atoms with Gasteiger partial charge in [0.15, 0.2) is 4.34 Å². The third kappa shape index (κ3) is 4.94. The lowest BCUT2D eigenvalue weighted by molar-refractivity contribution is -0.116. The zero-order chi connectivity index (χ0) is 14.4. The van der Waals surface area contributed by atoms with Gasteiger partial charge in [-0.15, -0.1) is 10.2 Å². The average molecular weight is 307 g/mol. The Morgan fingerprint density at radius 3 is 2.75 bits per heavy atom. The summed E-state index contributed by atoms with van der Waals surface area (Å²) in [4.78, 5) is 11.6. The number of carbonyl (C=O) groups excluding carboxylic acids is 1. The van der Waals surface area contributed by atoms with E-state index in [0.29, 0.717) is 17.5 Å². The maximum atomic E-state index is 11.6. The molecule has 0 aliphatic rings. The summed E-state index contributed by atoms with van der Waals surface area (Å²) in [6.07, 6.45) is 0.506. The molecule has 6 heteroatoms. The number of nitrogens with zero attached hydrogens (tertiary/aromatic N) is 2. The molecule has 0 spiro atoms. The van der Waals surface area contributed by atoms with E-state index in [-0.39, 0.29) is 5.91 Å². The highest BCUT2D eigenvalue weighted by molar-refractivity contribution is 8.00. The van der Waals surface area contributed by atoms with Crippen molar-refractivity contribution in [3.63, 3.8) is 0 Å². The number of hydrogen-bond acceptors (Lipinski definition) is 5. The second-order valence-corrected chi connectivity index (χ2v) is 6.99. The van der Waals surface area contributed by atoms with Gasteiger partial charge in [-0.05, 0) is 11.5 Å². The molecule has 1 heterocycles. The molecule has 106 valence electrons. The first kappa shape index (κ1) is 15.0. The van der Waals surface area contributed by atoms with E-state index in [1.54, 1.807) is 11.8 Å². The van der Waals surface area contributed by atoms with Crippen LogP contribution in [0.2, 0.25) is 0 Å². The maximum absolute atomic E-state index is 11.6. The van der Waals surface area contributed by atoms with E-state index in [9.17, 15) is 4.79 Å². The van der Waals surface area contributed by atoms with Crippen LogP contribution in [-0.4, -0.2) is 16.1 Å². The van der Waals surface area contributed by atoms with Gasteiger partial charge in [-0.2, -0.15) is 0 Å². The standard InChI is InChI=1S/C14H17N3OS2/c1-10(2)8-12(18)15-13-16-17-14(20-13)19-9-11-6-4-3-5-7-11/h3-7,10H,8-9H2,1-2H3,(H,15,16,18). The van der Waals surface area contributed by atoms with E-state index < -0.39 is 0 Å². The van der Waals surface area contributed by atoms with Crippen LogP contribution in [0.5, 0.6) is 0 Å². The molecule has 0 radical (unpaired) electrons. The van der Waals surface area contributed by atoms with Crippen molar-refractivity contribution in [2.75, 3.05) is 5.32 Å². The number of hydrogen-bond donors (Lipinski definition) is 1. The molecule has 2 rings (SSSR count). The molecular weight excluding hydrogens is 290 g/mol. The Morgan fingerprint density at radius 2 is 2.05 bits per heavy atom. The molecule has 0 saturated carbocycles. The molecule has 1 amide bonds. The SMILES string of the molecule is CC(C)CC(=O)Nc1nnc(SCc2ccccc2)s1. The molecule has 1 N–H and O–H groups in total. The monoisotopic (exact) mass is 307 g/mol. The second-order valence-electron chi connectivity index (χ2n) is 4.79. The van der Waals surface area contributed by atoms with E-state index >= 15 is 0 Å². The van der Waals surface area contributed by atoms with Crippen molar-refractivity contribution in [2.24, 2.45) is 5.92 Å². The zero-order valence-electron chi connectivity index (χ0n) is 11.5. The Balaban J connectivity index is 1.84. The first-order valence-corrected chi connectivity index (χ1v) is 8.24. The van der Waals surface area contributed by atoms with Crippen molar-refractivity contribution < 1.29 is 4.79 Å². The molecule has 1 aromatic heterocycles. The van der Waals surface area contributed by atoms with Gasteiger partial charge >= 0.3 is 0 Å². The van der Waals surface area contributed by atoms with Gasteiger partial charge in [-0.1, -0.05) is 67.3 Å². The van der Waals surface area contributed by atoms with Crippen molar-refractivity contribution in [1.82, 2.24) is 10.2 Å². The van der Waals surface area contributed by atoms with Gasteiger partial charge in [0.1, 0.15) is 0 Å². The van der Waals surface area contributed by atoms with E-state index in [1.807, 2.05) is 32.0 Å². The molecule has 20 heavy (non-hydrogen) atoms. The number of thioether (sulfide) groups is 1. The maximum Gasteiger partial charge on any atom is 0.226 e. The fourth-order valence-electron chi connectivity index (χ4n) is 1.58. The van der Waals surface area contributed by atoms with Crippen LogP contribution in [0.25, 0.3) is 0 Å². The Labute approximate surface area is 127 Å². The van der Waals surface area contributed by atoms with Crippen LogP contribution in [-0.2, 0) is 10.5 Å². The third-order valence-electron chi connectivity index (χ3n) is 2.45. The van der Waals surface area contributed by atoms with Gasteiger partial charge in [0.2, 0.25) is 11.0 Å². The third-order valence-corrected chi connectivity index (χ3v) is 4.49. The predicted molar refractivity (Wildman–Crippen MR) is 84.0 cm³/mol. The first-order chi connectivity index (χ1) is 9.63. The van der Waals surface area contributed by atoms with Crippen LogP contribution in [0.3, 0.4) is 0 Å². The van der Waals surface area contributed by atoms with E-state index in [4.69, 9.17) is 0 Å². The lowest BCUT2D eigenvalue weighted by Gasteiger charge is -2.02. The van der Waals surface area contributed by atoms with Gasteiger partial charge < -0.3 is 5.32 Å². The zero-order valence-corrected chi connectivity index (χ0v) is 13.1. The minimum absolute atomic E-state index is 0.00393. The normalized spacial score (nSPS) is 10.8. The first-order valence-electron chi connectivity index (χ1n) is 6.43. The lowest BCUT2D eigenvalue weighted by Crippen LogP contribution is -2.13. The van der Waals surface area contributed by atoms with Crippen molar-refractivity contribution in [1.29, 1.82) is 0 Å². The van der Waals surface area contributed by atoms with Gasteiger partial charge in [-0.25, -0.2) is 0 Å². The summed E-state index contributed by atoms with van der Waals surface area (Å²) in [7, 11) is 0. The second kappa shape index (κ2) is 7.40. The smallest absolute Gasteiger partial charge is 0.226 e. The van der Waals surface area contributed by atoms with Gasteiger partial charge in [0.25, 0.3) is 0 Å². The molecule has 4 nitrogen and oxygen atoms in total. The molecule has 1 aromatic carbocycles. The summed E-state index contributed by atoms with van der Waals surface area (Å²) < 4.78 is 0.869. The number of rotatable bonds is 6. The average Bonchev–Trinajstić information content (AvgIpc) is 2.84. The quantitative estimate of drug-likeness (QED) is 0.651. The van der Waals surface area contributed by atoms with Crippen LogP contribution in [0, 0.1) is 5.92 Å². The Morgan fingerprint density at radius 1 is 1.30 bits per heavy atom. The summed E-state index contributed by atoms with van der Waals surface area (Å²) in [6, 6.07) is 10.2. The van der Waals surface area contributed by atoms with Crippen LogP contribution in [0.4, 0.5) is 5.13 Å². The number of anilines is 1. The molecule has 0 fully saturated rings. The number of carbonyl (C=O) groups is 1. The molecule has 2 aromatic rings. The van der Waals surface area contributed by atoms with Gasteiger partial charge in [0, 0.05) is 12.2 Å². The van der Waals surface area contributed by atoms with Crippen molar-refractivity contribution >= 4 is 34.1 Å². The van der Waals surface area contributed by atoms with Crippen molar-refractivity contribution in [3.05, 3.63) is 35.9 Å². The lowest BCUT2D eigenvalue weighted by atomic mass is 10.1. The Hall–Kier alpha value is -1.40. The van der Waals surface area contributed by atoms with Crippen LogP contribution < -0.4 is 5.32 Å². The summed E-state index contributed by atoms with van der Waals surface area (Å²) in [6.45, 7) is 4.03. The van der Waals surface area contributed by atoms with Crippen LogP contribution >= 0.6 is 23.1 Å². The summed E-state index contributed by atoms with van der Waals surface area (Å²) >= 11 is 3.05. The van der Waals surface area contributed by atoms with Crippen LogP contribution in [0.1, 0.15) is 25.8 Å². The number of benzene rings is 1. The van der Waals surface area contributed by atoms with Crippen molar-refractivity contribution in [3.8, 4) is 0 Å². The Kier molecular flexibility index (Phi) is 5.55. The Bertz CT molecular complexity index is 555. The highest BCUT2D eigenvalue weighted by atomic mass is 32.2.